The third-order valence-corrected chi connectivity index (χ3v) is 4.99. The molecule has 1 amide bonds. The summed E-state index contributed by atoms with van der Waals surface area (Å²) in [5.41, 5.74) is -0.604. The summed E-state index contributed by atoms with van der Waals surface area (Å²) in [6.45, 7) is 4.47. The van der Waals surface area contributed by atoms with Crippen molar-refractivity contribution in [3.05, 3.63) is 11.7 Å². The molecule has 1 N–H and O–H groups in total. The minimum atomic E-state index is -0.604. The Labute approximate surface area is 131 Å². The number of fused-ring (bicyclic) bond motifs is 2. The van der Waals surface area contributed by atoms with Crippen LogP contribution in [0, 0.1) is 17.8 Å². The summed E-state index contributed by atoms with van der Waals surface area (Å²) in [4.78, 5) is 19.0. The molecule has 0 aliphatic heterocycles. The maximum atomic E-state index is 12.6. The first kappa shape index (κ1) is 15.5. The molecule has 2 fully saturated rings. The third kappa shape index (κ3) is 3.02. The zero-order valence-electron chi connectivity index (χ0n) is 13.9. The molecule has 6 nitrogen and oxygen atoms in total. The normalized spacial score (nSPS) is 27.6. The lowest BCUT2D eigenvalue weighted by atomic mass is 9.87. The van der Waals surface area contributed by atoms with Crippen LogP contribution in [0.25, 0.3) is 0 Å². The highest BCUT2D eigenvalue weighted by Gasteiger charge is 2.44. The first-order chi connectivity index (χ1) is 10.3. The van der Waals surface area contributed by atoms with Crippen molar-refractivity contribution in [2.75, 3.05) is 14.1 Å². The Bertz CT molecular complexity index is 552. The second-order valence-corrected chi connectivity index (χ2v) is 7.65. The second kappa shape index (κ2) is 5.65. The summed E-state index contributed by atoms with van der Waals surface area (Å²) < 4.78 is 5.26. The van der Waals surface area contributed by atoms with E-state index in [-0.39, 0.29) is 11.8 Å². The van der Waals surface area contributed by atoms with Crippen molar-refractivity contribution in [2.45, 2.75) is 51.6 Å². The van der Waals surface area contributed by atoms with Crippen LogP contribution >= 0.6 is 0 Å². The van der Waals surface area contributed by atoms with E-state index in [4.69, 9.17) is 4.52 Å². The van der Waals surface area contributed by atoms with E-state index < -0.39 is 5.54 Å². The smallest absolute Gasteiger partial charge is 0.240 e. The number of rotatable bonds is 5. The Morgan fingerprint density at radius 3 is 2.73 bits per heavy atom. The largest absolute Gasteiger partial charge is 0.344 e. The van der Waals surface area contributed by atoms with Gasteiger partial charge in [-0.05, 0) is 59.0 Å². The molecule has 0 unspecified atom stereocenters. The number of carbonyl (C=O) groups is 1. The zero-order valence-corrected chi connectivity index (χ0v) is 13.9. The highest BCUT2D eigenvalue weighted by molar-refractivity contribution is 5.80. The zero-order chi connectivity index (χ0) is 15.9. The number of hydrogen-bond acceptors (Lipinski definition) is 5. The predicted molar refractivity (Wildman–Crippen MR) is 81.8 cm³/mol. The number of hydrogen-bond donors (Lipinski definition) is 1. The Morgan fingerprint density at radius 2 is 2.14 bits per heavy atom. The number of amides is 1. The molecule has 1 aromatic rings. The molecule has 22 heavy (non-hydrogen) atoms. The van der Waals surface area contributed by atoms with E-state index in [0.29, 0.717) is 24.2 Å². The highest BCUT2D eigenvalue weighted by atomic mass is 16.5. The summed E-state index contributed by atoms with van der Waals surface area (Å²) in [6, 6.07) is 0. The van der Waals surface area contributed by atoms with Crippen LogP contribution in [-0.4, -0.2) is 35.0 Å². The first-order valence-corrected chi connectivity index (χ1v) is 8.15. The van der Waals surface area contributed by atoms with Gasteiger partial charge in [0.15, 0.2) is 5.82 Å². The summed E-state index contributed by atoms with van der Waals surface area (Å²) in [7, 11) is 3.90. The Kier molecular flexibility index (Phi) is 3.97. The molecule has 2 bridgehead atoms. The van der Waals surface area contributed by atoms with Crippen molar-refractivity contribution in [3.8, 4) is 0 Å². The van der Waals surface area contributed by atoms with Gasteiger partial charge in [-0.2, -0.15) is 4.98 Å². The van der Waals surface area contributed by atoms with Gasteiger partial charge in [-0.25, -0.2) is 0 Å². The van der Waals surface area contributed by atoms with Crippen LogP contribution in [0.2, 0.25) is 0 Å². The lowest BCUT2D eigenvalue weighted by Gasteiger charge is -2.27. The van der Waals surface area contributed by atoms with E-state index in [0.717, 1.165) is 12.3 Å². The van der Waals surface area contributed by atoms with Gasteiger partial charge in [0.1, 0.15) is 0 Å². The molecule has 0 radical (unpaired) electrons. The molecule has 2 saturated carbocycles. The average Bonchev–Trinajstić information content (AvgIpc) is 3.12. The molecule has 1 heterocycles. The molecular weight excluding hydrogens is 280 g/mol. The number of nitrogens with zero attached hydrogens (tertiary/aromatic N) is 3. The van der Waals surface area contributed by atoms with Crippen molar-refractivity contribution >= 4 is 5.91 Å². The van der Waals surface area contributed by atoms with Gasteiger partial charge in [-0.15, -0.1) is 0 Å². The molecule has 0 aromatic carbocycles. The van der Waals surface area contributed by atoms with Crippen LogP contribution in [0.4, 0.5) is 0 Å². The minimum Gasteiger partial charge on any atom is -0.344 e. The SMILES string of the molecule is CN(C)Cc1nc(C(C)(C)NC(=O)[C@H]2C[C@H]3CC[C@H]2C3)no1. The van der Waals surface area contributed by atoms with E-state index in [9.17, 15) is 4.79 Å². The molecule has 6 heteroatoms. The van der Waals surface area contributed by atoms with Crippen LogP contribution in [0.5, 0.6) is 0 Å². The monoisotopic (exact) mass is 306 g/mol. The molecule has 1 aromatic heterocycles. The molecule has 3 atom stereocenters. The molecule has 122 valence electrons. The molecule has 0 saturated heterocycles. The topological polar surface area (TPSA) is 71.3 Å². The quantitative estimate of drug-likeness (QED) is 0.900. The lowest BCUT2D eigenvalue weighted by Crippen LogP contribution is -2.45. The van der Waals surface area contributed by atoms with Gasteiger partial charge in [0.25, 0.3) is 0 Å². The van der Waals surface area contributed by atoms with E-state index in [1.807, 2.05) is 32.8 Å². The van der Waals surface area contributed by atoms with Crippen LogP contribution < -0.4 is 5.32 Å². The Morgan fingerprint density at radius 1 is 1.36 bits per heavy atom. The summed E-state index contributed by atoms with van der Waals surface area (Å²) in [5, 5.41) is 7.17. The van der Waals surface area contributed by atoms with Gasteiger partial charge >= 0.3 is 0 Å². The predicted octanol–water partition coefficient (Wildman–Crippen LogP) is 1.92. The summed E-state index contributed by atoms with van der Waals surface area (Å²) in [5.74, 6) is 2.78. The van der Waals surface area contributed by atoms with Crippen LogP contribution in [0.1, 0.15) is 51.2 Å². The molecule has 0 spiro atoms. The van der Waals surface area contributed by atoms with Crippen molar-refractivity contribution < 1.29 is 9.32 Å². The van der Waals surface area contributed by atoms with E-state index >= 15 is 0 Å². The second-order valence-electron chi connectivity index (χ2n) is 7.65. The lowest BCUT2D eigenvalue weighted by molar-refractivity contribution is -0.128. The fourth-order valence-electron chi connectivity index (χ4n) is 3.87. The van der Waals surface area contributed by atoms with E-state index in [2.05, 4.69) is 15.5 Å². The molecule has 2 aliphatic carbocycles. The summed E-state index contributed by atoms with van der Waals surface area (Å²) >= 11 is 0. The fraction of sp³-hybridized carbons (Fsp3) is 0.812. The van der Waals surface area contributed by atoms with Crippen molar-refractivity contribution in [1.29, 1.82) is 0 Å². The van der Waals surface area contributed by atoms with Crippen molar-refractivity contribution in [3.63, 3.8) is 0 Å². The standard InChI is InChI=1S/C16H26N4O2/c1-16(2,15-17-13(22-19-15)9-20(3)4)18-14(21)12-8-10-5-6-11(12)7-10/h10-12H,5-9H2,1-4H3,(H,18,21)/t10-,11-,12-/m0/s1. The van der Waals surface area contributed by atoms with Gasteiger partial charge in [0.05, 0.1) is 12.1 Å². The fourth-order valence-corrected chi connectivity index (χ4v) is 3.87. The van der Waals surface area contributed by atoms with E-state index in [1.54, 1.807) is 0 Å². The number of aromatic nitrogens is 2. The third-order valence-electron chi connectivity index (χ3n) is 4.99. The summed E-state index contributed by atoms with van der Waals surface area (Å²) in [6.07, 6.45) is 4.79. The first-order valence-electron chi connectivity index (χ1n) is 8.15. The van der Waals surface area contributed by atoms with Gasteiger partial charge < -0.3 is 14.7 Å². The number of carbonyl (C=O) groups excluding carboxylic acids is 1. The van der Waals surface area contributed by atoms with Crippen molar-refractivity contribution in [2.24, 2.45) is 17.8 Å². The van der Waals surface area contributed by atoms with Crippen LogP contribution in [0.15, 0.2) is 4.52 Å². The van der Waals surface area contributed by atoms with Gasteiger partial charge in [-0.1, -0.05) is 11.6 Å². The Balaban J connectivity index is 1.65. The minimum absolute atomic E-state index is 0.149. The average molecular weight is 306 g/mol. The molecular formula is C16H26N4O2. The van der Waals surface area contributed by atoms with Gasteiger partial charge in [0.2, 0.25) is 11.8 Å². The molecule has 2 aliphatic rings. The van der Waals surface area contributed by atoms with Gasteiger partial charge in [-0.3, -0.25) is 4.79 Å². The Hall–Kier alpha value is -1.43. The van der Waals surface area contributed by atoms with E-state index in [1.165, 1.54) is 19.3 Å². The van der Waals surface area contributed by atoms with Crippen LogP contribution in [-0.2, 0) is 16.9 Å². The van der Waals surface area contributed by atoms with Gasteiger partial charge in [0, 0.05) is 5.92 Å². The number of nitrogens with one attached hydrogen (secondary N) is 1. The molecule has 3 rings (SSSR count). The van der Waals surface area contributed by atoms with Crippen molar-refractivity contribution in [1.82, 2.24) is 20.4 Å². The highest BCUT2D eigenvalue weighted by Crippen LogP contribution is 2.48. The van der Waals surface area contributed by atoms with Crippen LogP contribution in [0.3, 0.4) is 0 Å². The maximum Gasteiger partial charge on any atom is 0.240 e. The maximum absolute atomic E-state index is 12.6.